The van der Waals surface area contributed by atoms with Crippen LogP contribution in [0.2, 0.25) is 0 Å². The van der Waals surface area contributed by atoms with Crippen molar-refractivity contribution in [3.05, 3.63) is 59.0 Å². The molecule has 0 radical (unpaired) electrons. The topological polar surface area (TPSA) is 55.8 Å². The van der Waals surface area contributed by atoms with Crippen molar-refractivity contribution in [1.29, 1.82) is 0 Å². The number of thioether (sulfide) groups is 1. The molecule has 0 fully saturated rings. The van der Waals surface area contributed by atoms with E-state index in [1.165, 1.54) is 16.7 Å². The summed E-state index contributed by atoms with van der Waals surface area (Å²) >= 11 is 1.39. The molecule has 5 nitrogen and oxygen atoms in total. The van der Waals surface area contributed by atoms with Gasteiger partial charge >= 0.3 is 0 Å². The van der Waals surface area contributed by atoms with Gasteiger partial charge in [-0.2, -0.15) is 0 Å². The highest BCUT2D eigenvalue weighted by atomic mass is 32.2. The molecule has 0 spiro atoms. The molecule has 0 aliphatic carbocycles. The summed E-state index contributed by atoms with van der Waals surface area (Å²) in [5.74, 6) is 1.46. The number of rotatable bonds is 9. The molecular weight excluding hydrogens is 386 g/mol. The smallest absolute Gasteiger partial charge is 0.272 e. The number of imide groups is 1. The minimum Gasteiger partial charge on any atom is -0.494 e. The SMILES string of the molecule is CCCOc1ccc(C2=C(SCC)C(=O)N(c3cccc(OCC)c3)C2=O)cc1. The summed E-state index contributed by atoms with van der Waals surface area (Å²) in [5.41, 5.74) is 1.66. The van der Waals surface area contributed by atoms with Crippen molar-refractivity contribution in [1.82, 2.24) is 0 Å². The largest absolute Gasteiger partial charge is 0.494 e. The molecule has 2 aromatic rings. The molecule has 0 atom stereocenters. The van der Waals surface area contributed by atoms with Crippen molar-refractivity contribution in [3.63, 3.8) is 0 Å². The summed E-state index contributed by atoms with van der Waals surface area (Å²) < 4.78 is 11.1. The Hall–Kier alpha value is -2.73. The van der Waals surface area contributed by atoms with Gasteiger partial charge in [0.15, 0.2) is 0 Å². The Kier molecular flexibility index (Phi) is 6.99. The Morgan fingerprint density at radius 3 is 2.31 bits per heavy atom. The van der Waals surface area contributed by atoms with Crippen LogP contribution in [-0.2, 0) is 9.59 Å². The lowest BCUT2D eigenvalue weighted by Crippen LogP contribution is -2.31. The highest BCUT2D eigenvalue weighted by molar-refractivity contribution is 8.04. The van der Waals surface area contributed by atoms with E-state index in [4.69, 9.17) is 9.47 Å². The van der Waals surface area contributed by atoms with Crippen LogP contribution in [0.3, 0.4) is 0 Å². The first-order chi connectivity index (χ1) is 14.1. The van der Waals surface area contributed by atoms with Crippen molar-refractivity contribution < 1.29 is 19.1 Å². The Morgan fingerprint density at radius 1 is 0.897 bits per heavy atom. The molecule has 0 unspecified atom stereocenters. The first-order valence-corrected chi connectivity index (χ1v) is 10.8. The van der Waals surface area contributed by atoms with Crippen molar-refractivity contribution in [2.24, 2.45) is 0 Å². The maximum atomic E-state index is 13.3. The first-order valence-electron chi connectivity index (χ1n) is 9.82. The third kappa shape index (κ3) is 4.48. The van der Waals surface area contributed by atoms with E-state index >= 15 is 0 Å². The second-order valence-corrected chi connectivity index (χ2v) is 7.66. The Labute approximate surface area is 175 Å². The summed E-state index contributed by atoms with van der Waals surface area (Å²) in [6.07, 6.45) is 0.924. The van der Waals surface area contributed by atoms with Crippen molar-refractivity contribution in [3.8, 4) is 11.5 Å². The Bertz CT molecular complexity index is 921. The van der Waals surface area contributed by atoms with E-state index in [-0.39, 0.29) is 11.8 Å². The summed E-state index contributed by atoms with van der Waals surface area (Å²) in [6, 6.07) is 14.4. The van der Waals surface area contributed by atoms with Gasteiger partial charge in [-0.3, -0.25) is 9.59 Å². The molecule has 1 aliphatic heterocycles. The lowest BCUT2D eigenvalue weighted by molar-refractivity contribution is -0.119. The number of nitrogens with zero attached hydrogens (tertiary/aromatic N) is 1. The fourth-order valence-electron chi connectivity index (χ4n) is 3.09. The molecule has 152 valence electrons. The lowest BCUT2D eigenvalue weighted by atomic mass is 10.1. The summed E-state index contributed by atoms with van der Waals surface area (Å²) in [6.45, 7) is 7.05. The second-order valence-electron chi connectivity index (χ2n) is 6.39. The van der Waals surface area contributed by atoms with Gasteiger partial charge in [-0.05, 0) is 48.9 Å². The average Bonchev–Trinajstić information content (AvgIpc) is 2.97. The van der Waals surface area contributed by atoms with E-state index in [2.05, 4.69) is 0 Å². The highest BCUT2D eigenvalue weighted by Crippen LogP contribution is 2.39. The van der Waals surface area contributed by atoms with Crippen LogP contribution < -0.4 is 14.4 Å². The highest BCUT2D eigenvalue weighted by Gasteiger charge is 2.40. The van der Waals surface area contributed by atoms with Gasteiger partial charge < -0.3 is 9.47 Å². The van der Waals surface area contributed by atoms with Crippen molar-refractivity contribution in [2.75, 3.05) is 23.9 Å². The maximum Gasteiger partial charge on any atom is 0.272 e. The lowest BCUT2D eigenvalue weighted by Gasteiger charge is -2.16. The molecule has 0 saturated heterocycles. The Balaban J connectivity index is 1.96. The zero-order chi connectivity index (χ0) is 20.8. The van der Waals surface area contributed by atoms with Crippen LogP contribution in [0, 0.1) is 0 Å². The van der Waals surface area contributed by atoms with E-state index in [1.54, 1.807) is 18.2 Å². The van der Waals surface area contributed by atoms with Gasteiger partial charge in [-0.1, -0.05) is 32.0 Å². The van der Waals surface area contributed by atoms with Gasteiger partial charge in [0.1, 0.15) is 11.5 Å². The third-order valence-electron chi connectivity index (χ3n) is 4.33. The molecule has 0 N–H and O–H groups in total. The minimum atomic E-state index is -0.318. The molecular formula is C23H25NO4S. The first kappa shape index (κ1) is 21.0. The monoisotopic (exact) mass is 411 g/mol. The molecule has 6 heteroatoms. The van der Waals surface area contributed by atoms with E-state index in [9.17, 15) is 9.59 Å². The van der Waals surface area contributed by atoms with Crippen LogP contribution in [0.5, 0.6) is 11.5 Å². The molecule has 0 aromatic heterocycles. The molecule has 1 aliphatic rings. The average molecular weight is 412 g/mol. The summed E-state index contributed by atoms with van der Waals surface area (Å²) in [5, 5.41) is 0. The van der Waals surface area contributed by atoms with E-state index in [0.29, 0.717) is 46.4 Å². The van der Waals surface area contributed by atoms with Crippen LogP contribution in [0.1, 0.15) is 32.8 Å². The fourth-order valence-corrected chi connectivity index (χ4v) is 3.95. The molecule has 1 heterocycles. The van der Waals surface area contributed by atoms with Crippen LogP contribution in [0.15, 0.2) is 53.4 Å². The normalized spacial score (nSPS) is 14.0. The number of amides is 2. The number of hydrogen-bond donors (Lipinski definition) is 0. The molecule has 2 aromatic carbocycles. The fraction of sp³-hybridized carbons (Fsp3) is 0.304. The summed E-state index contributed by atoms with van der Waals surface area (Å²) in [4.78, 5) is 28.1. The minimum absolute atomic E-state index is 0.295. The van der Waals surface area contributed by atoms with Crippen molar-refractivity contribution in [2.45, 2.75) is 27.2 Å². The number of hydrogen-bond acceptors (Lipinski definition) is 5. The van der Waals surface area contributed by atoms with E-state index in [1.807, 2.05) is 51.1 Å². The van der Waals surface area contributed by atoms with Crippen molar-refractivity contribution >= 4 is 34.8 Å². The summed E-state index contributed by atoms with van der Waals surface area (Å²) in [7, 11) is 0. The number of anilines is 1. The number of carbonyl (C=O) groups is 2. The predicted octanol–water partition coefficient (Wildman–Crippen LogP) is 4.91. The van der Waals surface area contributed by atoms with Crippen LogP contribution in [0.25, 0.3) is 5.57 Å². The zero-order valence-corrected chi connectivity index (χ0v) is 17.8. The molecule has 0 saturated carbocycles. The van der Waals surface area contributed by atoms with E-state index < -0.39 is 0 Å². The molecule has 3 rings (SSSR count). The molecule has 2 amide bonds. The van der Waals surface area contributed by atoms with Crippen LogP contribution in [0.4, 0.5) is 5.69 Å². The molecule has 0 bridgehead atoms. The van der Waals surface area contributed by atoms with Gasteiger partial charge in [-0.25, -0.2) is 4.90 Å². The van der Waals surface area contributed by atoms with Gasteiger partial charge in [0.05, 0.1) is 29.4 Å². The van der Waals surface area contributed by atoms with Crippen LogP contribution >= 0.6 is 11.8 Å². The molecule has 29 heavy (non-hydrogen) atoms. The third-order valence-corrected chi connectivity index (χ3v) is 5.29. The number of carbonyl (C=O) groups excluding carboxylic acids is 2. The quantitative estimate of drug-likeness (QED) is 0.549. The second kappa shape index (κ2) is 9.65. The van der Waals surface area contributed by atoms with Gasteiger partial charge in [0.25, 0.3) is 11.8 Å². The number of ether oxygens (including phenoxy) is 2. The van der Waals surface area contributed by atoms with Gasteiger partial charge in [0.2, 0.25) is 0 Å². The standard InChI is InChI=1S/C23H25NO4S/c1-4-14-28-18-12-10-16(11-13-18)20-21(29-6-3)23(26)24(22(20)25)17-8-7-9-19(15-17)27-5-2/h7-13,15H,4-6,14H2,1-3H3. The maximum absolute atomic E-state index is 13.3. The van der Waals surface area contributed by atoms with Gasteiger partial charge in [-0.15, -0.1) is 11.8 Å². The van der Waals surface area contributed by atoms with E-state index in [0.717, 1.165) is 12.2 Å². The zero-order valence-electron chi connectivity index (χ0n) is 16.9. The van der Waals surface area contributed by atoms with Crippen LogP contribution in [-0.4, -0.2) is 30.8 Å². The van der Waals surface area contributed by atoms with Gasteiger partial charge in [0, 0.05) is 6.07 Å². The number of benzene rings is 2. The Morgan fingerprint density at radius 2 is 1.66 bits per heavy atom. The predicted molar refractivity (Wildman–Crippen MR) is 117 cm³/mol.